The normalized spacial score (nSPS) is 12.0. The van der Waals surface area contributed by atoms with Gasteiger partial charge < -0.3 is 15.4 Å². The number of halogens is 3. The Morgan fingerprint density at radius 3 is 2.00 bits per heavy atom. The average molecular weight is 442 g/mol. The van der Waals surface area contributed by atoms with Crippen molar-refractivity contribution in [3.05, 3.63) is 102 Å². The zero-order chi connectivity index (χ0) is 23.0. The predicted octanol–water partition coefficient (Wildman–Crippen LogP) is 4.24. The lowest BCUT2D eigenvalue weighted by atomic mass is 10.0. The summed E-state index contributed by atoms with van der Waals surface area (Å²) in [5.41, 5.74) is 1.88. The van der Waals surface area contributed by atoms with Crippen LogP contribution in [0.1, 0.15) is 21.5 Å². The number of nitrogens with one attached hydrogen (secondary N) is 2. The van der Waals surface area contributed by atoms with E-state index in [-0.39, 0.29) is 24.6 Å². The third kappa shape index (κ3) is 7.16. The van der Waals surface area contributed by atoms with Crippen LogP contribution in [0.3, 0.4) is 0 Å². The summed E-state index contributed by atoms with van der Waals surface area (Å²) in [6.45, 7) is 0.0810. The molecule has 0 aliphatic rings. The average Bonchev–Trinajstić information content (AvgIpc) is 2.78. The Morgan fingerprint density at radius 2 is 1.41 bits per heavy atom. The van der Waals surface area contributed by atoms with Crippen LogP contribution in [0.15, 0.2) is 84.9 Å². The second-order valence-electron chi connectivity index (χ2n) is 6.99. The van der Waals surface area contributed by atoms with Gasteiger partial charge in [0.2, 0.25) is 5.91 Å². The first-order valence-electron chi connectivity index (χ1n) is 9.82. The van der Waals surface area contributed by atoms with Crippen LogP contribution in [-0.4, -0.2) is 24.2 Å². The zero-order valence-electron chi connectivity index (χ0n) is 16.9. The molecule has 0 spiro atoms. The minimum Gasteiger partial charge on any atom is -0.406 e. The molecule has 8 heteroatoms. The highest BCUT2D eigenvalue weighted by atomic mass is 19.4. The van der Waals surface area contributed by atoms with Gasteiger partial charge in [0.1, 0.15) is 11.8 Å². The molecule has 0 saturated carbocycles. The molecule has 0 aromatic heterocycles. The van der Waals surface area contributed by atoms with Crippen molar-refractivity contribution >= 4 is 11.8 Å². The molecule has 1 unspecified atom stereocenters. The van der Waals surface area contributed by atoms with E-state index in [0.717, 1.165) is 5.56 Å². The van der Waals surface area contributed by atoms with Crippen molar-refractivity contribution in [2.45, 2.75) is 25.4 Å². The highest BCUT2D eigenvalue weighted by Crippen LogP contribution is 2.22. The number of carbonyl (C=O) groups excluding carboxylic acids is 2. The van der Waals surface area contributed by atoms with Crippen molar-refractivity contribution in [2.75, 3.05) is 0 Å². The molecule has 0 aliphatic heterocycles. The molecule has 0 radical (unpaired) electrons. The maximum absolute atomic E-state index is 12.8. The fourth-order valence-corrected chi connectivity index (χ4v) is 3.01. The molecule has 2 N–H and O–H groups in total. The molecule has 3 aromatic carbocycles. The lowest BCUT2D eigenvalue weighted by Gasteiger charge is -2.19. The second-order valence-corrected chi connectivity index (χ2v) is 6.99. The molecule has 5 nitrogen and oxygen atoms in total. The van der Waals surface area contributed by atoms with E-state index in [2.05, 4.69) is 15.4 Å². The van der Waals surface area contributed by atoms with Gasteiger partial charge in [0, 0.05) is 18.5 Å². The molecule has 1 atom stereocenters. The smallest absolute Gasteiger partial charge is 0.406 e. The summed E-state index contributed by atoms with van der Waals surface area (Å²) < 4.78 is 40.7. The Hall–Kier alpha value is -3.81. The van der Waals surface area contributed by atoms with E-state index in [0.29, 0.717) is 11.1 Å². The largest absolute Gasteiger partial charge is 0.573 e. The van der Waals surface area contributed by atoms with Crippen LogP contribution >= 0.6 is 0 Å². The third-order valence-corrected chi connectivity index (χ3v) is 4.56. The van der Waals surface area contributed by atoms with Crippen LogP contribution in [0.4, 0.5) is 13.2 Å². The standard InChI is InChI=1S/C24H21F3N2O3/c25-24(26,27)32-20-13-11-18(12-14-20)16-28-23(31)21(15-17-7-3-1-4-8-17)29-22(30)19-9-5-2-6-10-19/h1-14,21H,15-16H2,(H,28,31)(H,29,30). The van der Waals surface area contributed by atoms with Crippen LogP contribution < -0.4 is 15.4 Å². The quantitative estimate of drug-likeness (QED) is 0.548. The number of rotatable bonds is 8. The Bertz CT molecular complexity index is 1020. The van der Waals surface area contributed by atoms with E-state index in [1.807, 2.05) is 30.3 Å². The molecule has 32 heavy (non-hydrogen) atoms. The van der Waals surface area contributed by atoms with E-state index >= 15 is 0 Å². The zero-order valence-corrected chi connectivity index (χ0v) is 16.9. The number of amides is 2. The van der Waals surface area contributed by atoms with Gasteiger partial charge in [0.15, 0.2) is 0 Å². The SMILES string of the molecule is O=C(NC(Cc1ccccc1)C(=O)NCc1ccc(OC(F)(F)F)cc1)c1ccccc1. The van der Waals surface area contributed by atoms with Gasteiger partial charge in [0.05, 0.1) is 0 Å². The molecule has 3 rings (SSSR count). The van der Waals surface area contributed by atoms with Crippen LogP contribution in [0.2, 0.25) is 0 Å². The molecule has 0 aliphatic carbocycles. The Kier molecular flexibility index (Phi) is 7.49. The summed E-state index contributed by atoms with van der Waals surface area (Å²) in [5, 5.41) is 5.48. The fourth-order valence-electron chi connectivity index (χ4n) is 3.01. The summed E-state index contributed by atoms with van der Waals surface area (Å²) in [6.07, 6.45) is -4.49. The van der Waals surface area contributed by atoms with Crippen molar-refractivity contribution in [3.8, 4) is 5.75 Å². The number of carbonyl (C=O) groups is 2. The van der Waals surface area contributed by atoms with Crippen LogP contribution in [0.25, 0.3) is 0 Å². The Balaban J connectivity index is 1.65. The number of hydrogen-bond donors (Lipinski definition) is 2. The van der Waals surface area contributed by atoms with Crippen molar-refractivity contribution in [3.63, 3.8) is 0 Å². The molecule has 0 fully saturated rings. The lowest BCUT2D eigenvalue weighted by molar-refractivity contribution is -0.274. The van der Waals surface area contributed by atoms with Gasteiger partial charge in [-0.15, -0.1) is 13.2 Å². The highest BCUT2D eigenvalue weighted by molar-refractivity contribution is 5.97. The maximum atomic E-state index is 12.8. The first-order valence-corrected chi connectivity index (χ1v) is 9.82. The van der Waals surface area contributed by atoms with Gasteiger partial charge in [0.25, 0.3) is 5.91 Å². The molecule has 2 amide bonds. The van der Waals surface area contributed by atoms with Gasteiger partial charge in [-0.1, -0.05) is 60.7 Å². The topological polar surface area (TPSA) is 67.4 Å². The van der Waals surface area contributed by atoms with E-state index in [4.69, 9.17) is 0 Å². The van der Waals surface area contributed by atoms with Crippen LogP contribution in [-0.2, 0) is 17.8 Å². The summed E-state index contributed by atoms with van der Waals surface area (Å²) in [4.78, 5) is 25.4. The fraction of sp³-hybridized carbons (Fsp3) is 0.167. The van der Waals surface area contributed by atoms with Gasteiger partial charge in [-0.3, -0.25) is 9.59 Å². The summed E-state index contributed by atoms with van der Waals surface area (Å²) >= 11 is 0. The van der Waals surface area contributed by atoms with E-state index in [1.165, 1.54) is 24.3 Å². The first-order chi connectivity index (χ1) is 15.3. The molecular weight excluding hydrogens is 421 g/mol. The van der Waals surface area contributed by atoms with Crippen molar-refractivity contribution in [1.82, 2.24) is 10.6 Å². The molecule has 0 heterocycles. The second kappa shape index (κ2) is 10.5. The minimum atomic E-state index is -4.77. The van der Waals surface area contributed by atoms with Crippen LogP contribution in [0.5, 0.6) is 5.75 Å². The van der Waals surface area contributed by atoms with Gasteiger partial charge >= 0.3 is 6.36 Å². The maximum Gasteiger partial charge on any atom is 0.573 e. The van der Waals surface area contributed by atoms with Gasteiger partial charge in [-0.2, -0.15) is 0 Å². The highest BCUT2D eigenvalue weighted by Gasteiger charge is 2.31. The molecule has 0 bridgehead atoms. The van der Waals surface area contributed by atoms with Crippen LogP contribution in [0, 0.1) is 0 Å². The van der Waals surface area contributed by atoms with E-state index in [9.17, 15) is 22.8 Å². The van der Waals surface area contributed by atoms with E-state index < -0.39 is 18.3 Å². The summed E-state index contributed by atoms with van der Waals surface area (Å²) in [6, 6.07) is 22.2. The number of hydrogen-bond acceptors (Lipinski definition) is 3. The van der Waals surface area contributed by atoms with Gasteiger partial charge in [-0.25, -0.2) is 0 Å². The number of alkyl halides is 3. The summed E-state index contributed by atoms with van der Waals surface area (Å²) in [7, 11) is 0. The molecular formula is C24H21F3N2O3. The summed E-state index contributed by atoms with van der Waals surface area (Å²) in [5.74, 6) is -1.13. The Morgan fingerprint density at radius 1 is 0.812 bits per heavy atom. The monoisotopic (exact) mass is 442 g/mol. The molecule has 3 aromatic rings. The molecule has 166 valence electrons. The first kappa shape index (κ1) is 22.9. The minimum absolute atomic E-state index is 0.0810. The van der Waals surface area contributed by atoms with Crippen molar-refractivity contribution < 1.29 is 27.5 Å². The third-order valence-electron chi connectivity index (χ3n) is 4.56. The van der Waals surface area contributed by atoms with E-state index in [1.54, 1.807) is 30.3 Å². The number of ether oxygens (including phenoxy) is 1. The molecule has 0 saturated heterocycles. The van der Waals surface area contributed by atoms with Crippen molar-refractivity contribution in [1.29, 1.82) is 0 Å². The lowest BCUT2D eigenvalue weighted by Crippen LogP contribution is -2.47. The van der Waals surface area contributed by atoms with Gasteiger partial charge in [-0.05, 0) is 35.4 Å². The predicted molar refractivity (Wildman–Crippen MR) is 113 cm³/mol. The number of benzene rings is 3. The van der Waals surface area contributed by atoms with Crippen molar-refractivity contribution in [2.24, 2.45) is 0 Å². The Labute approximate surface area is 183 Å².